The zero-order valence-corrected chi connectivity index (χ0v) is 23.1. The van der Waals surface area contributed by atoms with Crippen molar-refractivity contribution in [2.24, 2.45) is 0 Å². The van der Waals surface area contributed by atoms with Crippen molar-refractivity contribution in [1.29, 1.82) is 0 Å². The molecule has 2 heterocycles. The second-order valence-electron chi connectivity index (χ2n) is 9.95. The summed E-state index contributed by atoms with van der Waals surface area (Å²) >= 11 is 0. The average molecular weight is 550 g/mol. The maximum Gasteiger partial charge on any atom is 0.351 e. The van der Waals surface area contributed by atoms with Gasteiger partial charge in [0.25, 0.3) is 11.8 Å². The third-order valence-corrected chi connectivity index (χ3v) is 7.11. The van der Waals surface area contributed by atoms with Crippen LogP contribution in [0, 0.1) is 0 Å². The summed E-state index contributed by atoms with van der Waals surface area (Å²) in [5.74, 6) is 0.782. The van der Waals surface area contributed by atoms with Gasteiger partial charge in [0.05, 0.1) is 16.7 Å². The van der Waals surface area contributed by atoms with Crippen LogP contribution in [0.15, 0.2) is 84.9 Å². The SMILES string of the molecule is CC.CC(C)(c1ccc(Oc2ccc3c(c2)C(=O)NC3=O)cc1)c1ccc(Oc2ccc3c(c2)C(=O)[NH2+]C3=O)cc1. The highest BCUT2D eigenvalue weighted by atomic mass is 16.5. The minimum atomic E-state index is -0.425. The highest BCUT2D eigenvalue weighted by Gasteiger charge is 2.33. The van der Waals surface area contributed by atoms with E-state index in [0.717, 1.165) is 16.4 Å². The van der Waals surface area contributed by atoms with Gasteiger partial charge in [-0.15, -0.1) is 0 Å². The molecule has 8 heteroatoms. The van der Waals surface area contributed by atoms with Gasteiger partial charge in [-0.05, 0) is 71.8 Å². The van der Waals surface area contributed by atoms with E-state index in [1.807, 2.05) is 62.4 Å². The first-order valence-corrected chi connectivity index (χ1v) is 13.3. The van der Waals surface area contributed by atoms with Crippen LogP contribution in [0.2, 0.25) is 0 Å². The summed E-state index contributed by atoms with van der Waals surface area (Å²) in [6, 6.07) is 25.1. The molecule has 0 saturated heterocycles. The van der Waals surface area contributed by atoms with E-state index < -0.39 is 11.8 Å². The Hall–Kier alpha value is -5.08. The second-order valence-corrected chi connectivity index (χ2v) is 9.95. The third kappa shape index (κ3) is 5.25. The van der Waals surface area contributed by atoms with Gasteiger partial charge < -0.3 is 9.47 Å². The zero-order chi connectivity index (χ0) is 29.3. The number of benzene rings is 4. The average Bonchev–Trinajstić information content (AvgIpc) is 3.42. The Labute approximate surface area is 237 Å². The van der Waals surface area contributed by atoms with Crippen LogP contribution in [0.4, 0.5) is 0 Å². The highest BCUT2D eigenvalue weighted by molar-refractivity contribution is 6.21. The fourth-order valence-corrected chi connectivity index (χ4v) is 4.81. The first-order chi connectivity index (χ1) is 19.7. The summed E-state index contributed by atoms with van der Waals surface area (Å²) in [6.45, 7) is 8.24. The molecule has 8 nitrogen and oxygen atoms in total. The molecule has 4 amide bonds. The molecule has 2 aliphatic heterocycles. The Bertz CT molecular complexity index is 1560. The lowest BCUT2D eigenvalue weighted by atomic mass is 9.78. The van der Waals surface area contributed by atoms with Gasteiger partial charge in [-0.3, -0.25) is 14.9 Å². The van der Waals surface area contributed by atoms with E-state index in [4.69, 9.17) is 9.47 Å². The number of carbonyl (C=O) groups excluding carboxylic acids is 4. The number of hydrogen-bond donors (Lipinski definition) is 2. The number of imide groups is 2. The van der Waals surface area contributed by atoms with Crippen molar-refractivity contribution in [3.05, 3.63) is 118 Å². The monoisotopic (exact) mass is 549 g/mol. The van der Waals surface area contributed by atoms with Crippen molar-refractivity contribution in [3.63, 3.8) is 0 Å². The van der Waals surface area contributed by atoms with Gasteiger partial charge in [0.2, 0.25) is 0 Å². The van der Waals surface area contributed by atoms with Crippen molar-refractivity contribution >= 4 is 23.6 Å². The molecule has 206 valence electrons. The van der Waals surface area contributed by atoms with E-state index in [-0.39, 0.29) is 17.2 Å². The van der Waals surface area contributed by atoms with E-state index >= 15 is 0 Å². The van der Waals surface area contributed by atoms with Gasteiger partial charge >= 0.3 is 11.8 Å². The molecule has 0 fully saturated rings. The molecule has 41 heavy (non-hydrogen) atoms. The summed E-state index contributed by atoms with van der Waals surface area (Å²) in [6.07, 6.45) is 0. The summed E-state index contributed by atoms with van der Waals surface area (Å²) in [7, 11) is 0. The molecule has 4 aromatic carbocycles. The lowest BCUT2D eigenvalue weighted by molar-refractivity contribution is -0.445. The van der Waals surface area contributed by atoms with Crippen molar-refractivity contribution in [2.45, 2.75) is 33.1 Å². The zero-order valence-electron chi connectivity index (χ0n) is 23.1. The third-order valence-electron chi connectivity index (χ3n) is 7.11. The lowest BCUT2D eigenvalue weighted by Gasteiger charge is -2.26. The number of ether oxygens (including phenoxy) is 2. The fraction of sp³-hybridized carbons (Fsp3) is 0.152. The van der Waals surface area contributed by atoms with Crippen LogP contribution >= 0.6 is 0 Å². The molecule has 0 aliphatic carbocycles. The summed E-state index contributed by atoms with van der Waals surface area (Å²) < 4.78 is 11.9. The van der Waals surface area contributed by atoms with Crippen LogP contribution in [0.25, 0.3) is 0 Å². The molecule has 0 radical (unpaired) electrons. The van der Waals surface area contributed by atoms with Crippen LogP contribution in [-0.4, -0.2) is 23.6 Å². The quantitative estimate of drug-likeness (QED) is 0.313. The van der Waals surface area contributed by atoms with Gasteiger partial charge in [0.1, 0.15) is 28.6 Å². The molecule has 0 bridgehead atoms. The van der Waals surface area contributed by atoms with E-state index in [0.29, 0.717) is 45.3 Å². The van der Waals surface area contributed by atoms with Crippen LogP contribution in [0.1, 0.15) is 80.3 Å². The Kier molecular flexibility index (Phi) is 7.26. The second kappa shape index (κ2) is 10.8. The molecule has 0 spiro atoms. The molecule has 0 atom stereocenters. The molecule has 0 aromatic heterocycles. The number of rotatable bonds is 6. The number of fused-ring (bicyclic) bond motifs is 2. The molecular weight excluding hydrogens is 520 g/mol. The van der Waals surface area contributed by atoms with Crippen molar-refractivity contribution in [2.75, 3.05) is 0 Å². The molecule has 3 N–H and O–H groups in total. The Morgan fingerprint density at radius 3 is 1.49 bits per heavy atom. The highest BCUT2D eigenvalue weighted by Crippen LogP contribution is 2.35. The normalized spacial score (nSPS) is 13.7. The van der Waals surface area contributed by atoms with Crippen molar-refractivity contribution in [3.8, 4) is 23.0 Å². The van der Waals surface area contributed by atoms with Crippen LogP contribution < -0.4 is 20.1 Å². The van der Waals surface area contributed by atoms with Crippen LogP contribution in [0.3, 0.4) is 0 Å². The molecule has 4 aromatic rings. The Morgan fingerprint density at radius 1 is 0.537 bits per heavy atom. The maximum atomic E-state index is 12.0. The van der Waals surface area contributed by atoms with E-state index in [9.17, 15) is 19.2 Å². The van der Waals surface area contributed by atoms with Crippen molar-refractivity contribution < 1.29 is 34.0 Å². The number of primary amides is 2. The van der Waals surface area contributed by atoms with Gasteiger partial charge in [0, 0.05) is 5.41 Å². The largest absolute Gasteiger partial charge is 0.457 e. The lowest BCUT2D eigenvalue weighted by Crippen LogP contribution is -2.88. The number of quaternary nitrogens is 1. The van der Waals surface area contributed by atoms with Gasteiger partial charge in [-0.2, -0.15) is 0 Å². The molecular formula is C33H29N2O6+. The number of hydrogen-bond acceptors (Lipinski definition) is 6. The van der Waals surface area contributed by atoms with Gasteiger partial charge in [0.15, 0.2) is 0 Å². The standard InChI is InChI=1S/C31H22N2O6.C2H6/c1-31(2,17-3-7-19(8-4-17)38-21-11-13-23-25(15-21)29(36)32-27(23)34)18-5-9-20(10-6-18)39-22-12-14-24-26(16-22)30(37)33-28(24)35;1-2/h3-16H,1-2H3,(H,32,34,36)(H,33,35,37);1-2H3/p+1. The van der Waals surface area contributed by atoms with Crippen LogP contribution in [0.5, 0.6) is 23.0 Å². The molecule has 2 aliphatic rings. The number of carbonyl (C=O) groups is 4. The predicted molar refractivity (Wildman–Crippen MR) is 152 cm³/mol. The first kappa shape index (κ1) is 27.5. The summed E-state index contributed by atoms with van der Waals surface area (Å²) in [5.41, 5.74) is 3.23. The van der Waals surface area contributed by atoms with E-state index in [1.54, 1.807) is 36.4 Å². The fourth-order valence-electron chi connectivity index (χ4n) is 4.81. The summed E-state index contributed by atoms with van der Waals surface area (Å²) in [5, 5.41) is 3.37. The molecule has 0 saturated carbocycles. The number of nitrogens with one attached hydrogen (secondary N) is 1. The van der Waals surface area contributed by atoms with E-state index in [1.165, 1.54) is 0 Å². The van der Waals surface area contributed by atoms with E-state index in [2.05, 4.69) is 19.2 Å². The summed E-state index contributed by atoms with van der Waals surface area (Å²) in [4.78, 5) is 47.5. The van der Waals surface area contributed by atoms with Gasteiger partial charge in [-0.1, -0.05) is 52.0 Å². The Balaban J connectivity index is 0.00000165. The van der Waals surface area contributed by atoms with Crippen LogP contribution in [-0.2, 0) is 5.41 Å². The van der Waals surface area contributed by atoms with Gasteiger partial charge in [-0.25, -0.2) is 14.9 Å². The minimum Gasteiger partial charge on any atom is -0.457 e. The number of nitrogens with two attached hydrogens (primary N) is 1. The minimum absolute atomic E-state index is 0.275. The molecule has 0 unspecified atom stereocenters. The topological polar surface area (TPSA) is 115 Å². The number of amides is 4. The predicted octanol–water partition coefficient (Wildman–Crippen LogP) is 5.36. The van der Waals surface area contributed by atoms with Crippen molar-refractivity contribution in [1.82, 2.24) is 5.32 Å². The first-order valence-electron chi connectivity index (χ1n) is 13.3. The smallest absolute Gasteiger partial charge is 0.351 e. The Morgan fingerprint density at radius 2 is 0.951 bits per heavy atom. The maximum absolute atomic E-state index is 12.0. The molecule has 6 rings (SSSR count).